The molecule has 0 radical (unpaired) electrons. The number of anilines is 1. The van der Waals surface area contributed by atoms with Crippen molar-refractivity contribution in [2.45, 2.75) is 18.9 Å². The first-order valence-electron chi connectivity index (χ1n) is 8.53. The van der Waals surface area contributed by atoms with Gasteiger partial charge in [0.1, 0.15) is 23.3 Å². The zero-order valence-corrected chi connectivity index (χ0v) is 13.8. The van der Waals surface area contributed by atoms with E-state index in [1.54, 1.807) is 11.0 Å². The lowest BCUT2D eigenvalue weighted by molar-refractivity contribution is -0.141. The van der Waals surface area contributed by atoms with Crippen LogP contribution >= 0.6 is 0 Å². The Hall–Kier alpha value is -2.28. The maximum absolute atomic E-state index is 14.3. The predicted octanol–water partition coefficient (Wildman–Crippen LogP) is 2.34. The topological polar surface area (TPSA) is 45.7 Å². The number of fused-ring (bicyclic) bond motifs is 1. The Kier molecular flexibility index (Phi) is 4.25. The van der Waals surface area contributed by atoms with Crippen molar-refractivity contribution in [3.8, 4) is 0 Å². The molecule has 0 bridgehead atoms. The van der Waals surface area contributed by atoms with Gasteiger partial charge in [0.15, 0.2) is 0 Å². The lowest BCUT2D eigenvalue weighted by Gasteiger charge is -2.37. The summed E-state index contributed by atoms with van der Waals surface area (Å²) in [5.41, 5.74) is 0.654. The van der Waals surface area contributed by atoms with E-state index in [1.807, 2.05) is 4.90 Å². The van der Waals surface area contributed by atoms with Crippen LogP contribution in [0, 0.1) is 11.6 Å². The average molecular weight is 347 g/mol. The van der Waals surface area contributed by atoms with Gasteiger partial charge in [0, 0.05) is 39.0 Å². The number of piperazine rings is 1. The van der Waals surface area contributed by atoms with Crippen molar-refractivity contribution in [1.82, 2.24) is 9.88 Å². The number of benzene rings is 1. The number of hydrogen-bond acceptors (Lipinski definition) is 4. The molecule has 2 fully saturated rings. The normalized spacial score (nSPS) is 21.1. The monoisotopic (exact) mass is 347 g/mol. The largest absolute Gasteiger partial charge is 0.368 e. The summed E-state index contributed by atoms with van der Waals surface area (Å²) in [5.74, 6) is -0.989. The summed E-state index contributed by atoms with van der Waals surface area (Å²) in [6, 6.07) is 3.91. The second-order valence-electron chi connectivity index (χ2n) is 6.40. The summed E-state index contributed by atoms with van der Waals surface area (Å²) >= 11 is 0. The maximum Gasteiger partial charge on any atom is 0.251 e. The second kappa shape index (κ2) is 6.55. The SMILES string of the molecule is O=C([C@H]1CCCO1)N1CCN(c2ccnc3c(F)ccc(F)c23)CC1. The van der Waals surface area contributed by atoms with E-state index in [4.69, 9.17) is 4.74 Å². The first-order valence-corrected chi connectivity index (χ1v) is 8.53. The number of carbonyl (C=O) groups is 1. The minimum Gasteiger partial charge on any atom is -0.368 e. The molecule has 0 unspecified atom stereocenters. The van der Waals surface area contributed by atoms with Crippen molar-refractivity contribution in [3.05, 3.63) is 36.0 Å². The number of ether oxygens (including phenoxy) is 1. The van der Waals surface area contributed by atoms with E-state index in [1.165, 1.54) is 6.20 Å². The summed E-state index contributed by atoms with van der Waals surface area (Å²) in [5, 5.41) is 0.196. The third-order valence-corrected chi connectivity index (χ3v) is 4.91. The van der Waals surface area contributed by atoms with Gasteiger partial charge in [-0.25, -0.2) is 8.78 Å². The fourth-order valence-corrected chi connectivity index (χ4v) is 3.58. The first kappa shape index (κ1) is 16.2. The van der Waals surface area contributed by atoms with Crippen LogP contribution in [0.4, 0.5) is 14.5 Å². The molecular formula is C18H19F2N3O2. The molecule has 2 aliphatic heterocycles. The molecule has 1 amide bonds. The highest BCUT2D eigenvalue weighted by Gasteiger charge is 2.30. The van der Waals surface area contributed by atoms with Gasteiger partial charge in [-0.3, -0.25) is 9.78 Å². The van der Waals surface area contributed by atoms with Crippen LogP contribution in [-0.4, -0.2) is 54.7 Å². The quantitative estimate of drug-likeness (QED) is 0.837. The van der Waals surface area contributed by atoms with E-state index >= 15 is 0 Å². The molecule has 2 aliphatic rings. The highest BCUT2D eigenvalue weighted by molar-refractivity contribution is 5.92. The molecule has 0 N–H and O–H groups in total. The van der Waals surface area contributed by atoms with Gasteiger partial charge >= 0.3 is 0 Å². The average Bonchev–Trinajstić information content (AvgIpc) is 3.19. The molecule has 3 heterocycles. The summed E-state index contributed by atoms with van der Waals surface area (Å²) in [7, 11) is 0. The van der Waals surface area contributed by atoms with E-state index in [-0.39, 0.29) is 22.9 Å². The standard InChI is InChI=1S/C18H19F2N3O2/c19-12-3-4-13(20)17-16(12)14(5-6-21-17)22-7-9-23(10-8-22)18(24)15-2-1-11-25-15/h3-6,15H,1-2,7-11H2/t15-/m1/s1. The zero-order valence-electron chi connectivity index (χ0n) is 13.8. The van der Waals surface area contributed by atoms with Gasteiger partial charge < -0.3 is 14.5 Å². The van der Waals surface area contributed by atoms with E-state index in [9.17, 15) is 13.6 Å². The van der Waals surface area contributed by atoms with E-state index in [0.717, 1.165) is 25.0 Å². The maximum atomic E-state index is 14.3. The van der Waals surface area contributed by atoms with Gasteiger partial charge in [-0.15, -0.1) is 0 Å². The molecule has 2 aromatic rings. The third-order valence-electron chi connectivity index (χ3n) is 4.91. The number of pyridine rings is 1. The van der Waals surface area contributed by atoms with Crippen LogP contribution in [0.3, 0.4) is 0 Å². The summed E-state index contributed by atoms with van der Waals surface area (Å²) < 4.78 is 33.7. The number of aromatic nitrogens is 1. The molecule has 5 nitrogen and oxygen atoms in total. The Bertz CT molecular complexity index is 800. The van der Waals surface area contributed by atoms with Crippen LogP contribution in [0.1, 0.15) is 12.8 Å². The molecular weight excluding hydrogens is 328 g/mol. The van der Waals surface area contributed by atoms with Crippen molar-refractivity contribution in [3.63, 3.8) is 0 Å². The molecule has 1 atom stereocenters. The number of rotatable bonds is 2. The molecule has 132 valence electrons. The van der Waals surface area contributed by atoms with E-state index in [2.05, 4.69) is 4.98 Å². The minimum absolute atomic E-state index is 0.0361. The number of halogens is 2. The van der Waals surface area contributed by atoms with Crippen LogP contribution in [0.2, 0.25) is 0 Å². The van der Waals surface area contributed by atoms with Crippen LogP contribution < -0.4 is 4.90 Å². The Morgan fingerprint density at radius 1 is 1.12 bits per heavy atom. The van der Waals surface area contributed by atoms with Crippen LogP contribution in [0.15, 0.2) is 24.4 Å². The van der Waals surface area contributed by atoms with Crippen molar-refractivity contribution in [2.24, 2.45) is 0 Å². The Morgan fingerprint density at radius 2 is 1.88 bits per heavy atom. The fraction of sp³-hybridized carbons (Fsp3) is 0.444. The van der Waals surface area contributed by atoms with Gasteiger partial charge in [0.2, 0.25) is 0 Å². The molecule has 1 aromatic heterocycles. The van der Waals surface area contributed by atoms with Crippen molar-refractivity contribution in [1.29, 1.82) is 0 Å². The lowest BCUT2D eigenvalue weighted by atomic mass is 10.1. The second-order valence-corrected chi connectivity index (χ2v) is 6.40. The minimum atomic E-state index is -0.537. The lowest BCUT2D eigenvalue weighted by Crippen LogP contribution is -2.51. The molecule has 0 spiro atoms. The number of carbonyl (C=O) groups excluding carboxylic acids is 1. The number of amides is 1. The van der Waals surface area contributed by atoms with Gasteiger partial charge in [-0.05, 0) is 31.0 Å². The smallest absolute Gasteiger partial charge is 0.251 e. The van der Waals surface area contributed by atoms with Crippen LogP contribution in [0.5, 0.6) is 0 Å². The van der Waals surface area contributed by atoms with Crippen LogP contribution in [0.25, 0.3) is 10.9 Å². The summed E-state index contributed by atoms with van der Waals surface area (Å²) in [6.07, 6.45) is 2.87. The van der Waals surface area contributed by atoms with Gasteiger partial charge in [0.25, 0.3) is 5.91 Å². The summed E-state index contributed by atoms with van der Waals surface area (Å²) in [6.45, 7) is 2.85. The van der Waals surface area contributed by atoms with Gasteiger partial charge in [-0.2, -0.15) is 0 Å². The Labute approximate surface area is 144 Å². The zero-order chi connectivity index (χ0) is 17.4. The molecule has 25 heavy (non-hydrogen) atoms. The Morgan fingerprint density at radius 3 is 2.60 bits per heavy atom. The number of hydrogen-bond donors (Lipinski definition) is 0. The van der Waals surface area contributed by atoms with Crippen molar-refractivity contribution in [2.75, 3.05) is 37.7 Å². The fourth-order valence-electron chi connectivity index (χ4n) is 3.58. The molecule has 0 saturated carbocycles. The highest BCUT2D eigenvalue weighted by atomic mass is 19.1. The van der Waals surface area contributed by atoms with Crippen molar-refractivity contribution < 1.29 is 18.3 Å². The van der Waals surface area contributed by atoms with Crippen LogP contribution in [-0.2, 0) is 9.53 Å². The third kappa shape index (κ3) is 2.93. The first-order chi connectivity index (χ1) is 12.1. The molecule has 0 aliphatic carbocycles. The highest BCUT2D eigenvalue weighted by Crippen LogP contribution is 2.30. The van der Waals surface area contributed by atoms with E-state index in [0.29, 0.717) is 38.5 Å². The predicted molar refractivity (Wildman–Crippen MR) is 89.4 cm³/mol. The molecule has 1 aromatic carbocycles. The Balaban J connectivity index is 1.54. The molecule has 4 rings (SSSR count). The van der Waals surface area contributed by atoms with Crippen molar-refractivity contribution >= 4 is 22.5 Å². The van der Waals surface area contributed by atoms with Gasteiger partial charge in [-0.1, -0.05) is 0 Å². The van der Waals surface area contributed by atoms with Gasteiger partial charge in [0.05, 0.1) is 11.1 Å². The molecule has 2 saturated heterocycles. The number of nitrogens with zero attached hydrogens (tertiary/aromatic N) is 3. The van der Waals surface area contributed by atoms with E-state index < -0.39 is 11.6 Å². The molecule has 7 heteroatoms. The summed E-state index contributed by atoms with van der Waals surface area (Å²) in [4.78, 5) is 20.2.